The van der Waals surface area contributed by atoms with Crippen LogP contribution in [0.15, 0.2) is 51.9 Å². The number of aliphatic hydroxyl groups is 1. The molecule has 0 radical (unpaired) electrons. The lowest BCUT2D eigenvalue weighted by atomic mass is 9.97. The van der Waals surface area contributed by atoms with E-state index in [0.29, 0.717) is 17.9 Å². The molecule has 11 heteroatoms. The van der Waals surface area contributed by atoms with Gasteiger partial charge in [0.15, 0.2) is 5.76 Å². The molecule has 9 nitrogen and oxygen atoms in total. The van der Waals surface area contributed by atoms with E-state index in [9.17, 15) is 13.5 Å². The van der Waals surface area contributed by atoms with Crippen molar-refractivity contribution in [2.45, 2.75) is 64.7 Å². The molecule has 0 aliphatic heterocycles. The minimum absolute atomic E-state index is 0.0641. The van der Waals surface area contributed by atoms with E-state index in [-0.39, 0.29) is 28.9 Å². The molecule has 0 unspecified atom stereocenters. The topological polar surface area (TPSA) is 119 Å². The molecule has 4 rings (SSSR count). The lowest BCUT2D eigenvalue weighted by Crippen LogP contribution is -2.15. The maximum Gasteiger partial charge on any atom is 0.263 e. The van der Waals surface area contributed by atoms with E-state index >= 15 is 0 Å². The predicted molar refractivity (Wildman–Crippen MR) is 150 cm³/mol. The zero-order chi connectivity index (χ0) is 28.2. The third kappa shape index (κ3) is 6.04. The fourth-order valence-corrected chi connectivity index (χ4v) is 6.05. The zero-order valence-electron chi connectivity index (χ0n) is 22.5. The summed E-state index contributed by atoms with van der Waals surface area (Å²) in [7, 11) is -2.45. The van der Waals surface area contributed by atoms with Gasteiger partial charge in [-0.1, -0.05) is 67.0 Å². The van der Waals surface area contributed by atoms with Gasteiger partial charge in [-0.3, -0.25) is 4.72 Å². The van der Waals surface area contributed by atoms with Crippen LogP contribution in [-0.4, -0.2) is 35.3 Å². The molecule has 0 saturated carbocycles. The number of aliphatic hydroxyl groups excluding tert-OH is 1. The van der Waals surface area contributed by atoms with Crippen LogP contribution in [0.4, 0.5) is 5.82 Å². The van der Waals surface area contributed by atoms with Crippen molar-refractivity contribution in [3.63, 3.8) is 0 Å². The molecule has 2 heterocycles. The second kappa shape index (κ2) is 12.3. The predicted octanol–water partition coefficient (Wildman–Crippen LogP) is 5.50. The number of sulfonamides is 1. The normalized spacial score (nSPS) is 11.7. The minimum Gasteiger partial charge on any atom is -0.390 e. The molecule has 0 bridgehead atoms. The third-order valence-corrected chi connectivity index (χ3v) is 8.33. The van der Waals surface area contributed by atoms with Crippen LogP contribution < -0.4 is 4.72 Å². The molecule has 39 heavy (non-hydrogen) atoms. The highest BCUT2D eigenvalue weighted by atomic mass is 35.5. The summed E-state index contributed by atoms with van der Waals surface area (Å²) in [5.74, 6) is 1.20. The summed E-state index contributed by atoms with van der Waals surface area (Å²) in [6.45, 7) is 6.45. The number of halogens is 1. The summed E-state index contributed by atoms with van der Waals surface area (Å²) in [4.78, 5) is 4.84. The lowest BCUT2D eigenvalue weighted by molar-refractivity contribution is 0.185. The Bertz CT molecular complexity index is 1560. The Balaban J connectivity index is 1.75. The van der Waals surface area contributed by atoms with E-state index in [1.54, 1.807) is 32.2 Å². The van der Waals surface area contributed by atoms with Crippen molar-refractivity contribution in [1.29, 1.82) is 0 Å². The Hall–Kier alpha value is -3.18. The van der Waals surface area contributed by atoms with E-state index in [1.165, 1.54) is 6.07 Å². The van der Waals surface area contributed by atoms with Gasteiger partial charge in [-0.15, -0.1) is 0 Å². The summed E-state index contributed by atoms with van der Waals surface area (Å²) in [6.07, 6.45) is 2.49. The van der Waals surface area contributed by atoms with Crippen molar-refractivity contribution >= 4 is 27.4 Å². The summed E-state index contributed by atoms with van der Waals surface area (Å²) < 4.78 is 41.9. The fraction of sp³-hybridized carbons (Fsp3) is 0.357. The largest absolute Gasteiger partial charge is 0.390 e. The van der Waals surface area contributed by atoms with Crippen molar-refractivity contribution in [3.8, 4) is 11.1 Å². The highest BCUT2D eigenvalue weighted by Gasteiger charge is 2.24. The molecular weight excluding hydrogens is 540 g/mol. The Morgan fingerprint density at radius 3 is 2.56 bits per heavy atom. The molecule has 0 fully saturated rings. The van der Waals surface area contributed by atoms with Gasteiger partial charge in [0.2, 0.25) is 5.82 Å². The summed E-state index contributed by atoms with van der Waals surface area (Å²) in [5, 5.41) is 13.9. The van der Waals surface area contributed by atoms with Crippen LogP contribution in [0.2, 0.25) is 5.02 Å². The van der Waals surface area contributed by atoms with Crippen molar-refractivity contribution in [1.82, 2.24) is 14.7 Å². The molecule has 0 atom stereocenters. The van der Waals surface area contributed by atoms with Crippen molar-refractivity contribution in [2.75, 3.05) is 11.8 Å². The average molecular weight is 573 g/mol. The average Bonchev–Trinajstić information content (AvgIpc) is 3.42. The first-order chi connectivity index (χ1) is 18.7. The molecule has 4 aromatic rings. The first kappa shape index (κ1) is 28.8. The number of aromatic nitrogens is 3. The number of nitrogens with zero attached hydrogens (tertiary/aromatic N) is 3. The van der Waals surface area contributed by atoms with Gasteiger partial charge in [-0.25, -0.2) is 13.4 Å². The Kier molecular flexibility index (Phi) is 9.12. The SMILES string of the molecule is CCCc1nc(CC)c(CO)n1Cc1ccc(-c2ccccc2S(=O)(=O)Nc2noc(C)c2Cl)c(COC)c1. The van der Waals surface area contributed by atoms with Crippen LogP contribution in [0.1, 0.15) is 54.4 Å². The molecule has 0 amide bonds. The fourth-order valence-electron chi connectivity index (χ4n) is 4.65. The summed E-state index contributed by atoms with van der Waals surface area (Å²) in [5.41, 5.74) is 4.78. The van der Waals surface area contributed by atoms with E-state index in [4.69, 9.17) is 25.8 Å². The molecule has 2 N–H and O–H groups in total. The van der Waals surface area contributed by atoms with Gasteiger partial charge in [0, 0.05) is 25.6 Å². The summed E-state index contributed by atoms with van der Waals surface area (Å²) in [6, 6.07) is 12.6. The molecule has 2 aromatic heterocycles. The Morgan fingerprint density at radius 1 is 1.15 bits per heavy atom. The lowest BCUT2D eigenvalue weighted by Gasteiger charge is -2.17. The number of imidazole rings is 1. The standard InChI is InChI=1S/C28H33ClN4O5S/c1-5-9-26-30-23(6-2)24(16-34)33(26)15-19-12-13-21(20(14-19)17-37-4)22-10-7-8-11-25(22)39(35,36)32-28-27(29)18(3)38-31-28/h7-8,10-14,34H,5-6,9,15-17H2,1-4H3,(H,31,32). The first-order valence-electron chi connectivity index (χ1n) is 12.8. The van der Waals surface area contributed by atoms with Crippen LogP contribution >= 0.6 is 11.6 Å². The molecule has 0 saturated heterocycles. The number of rotatable bonds is 12. The first-order valence-corrected chi connectivity index (χ1v) is 14.6. The third-order valence-electron chi connectivity index (χ3n) is 6.49. The van der Waals surface area contributed by atoms with Crippen molar-refractivity contribution in [2.24, 2.45) is 0 Å². The monoisotopic (exact) mass is 572 g/mol. The van der Waals surface area contributed by atoms with Crippen LogP contribution in [0.3, 0.4) is 0 Å². The van der Waals surface area contributed by atoms with Gasteiger partial charge in [0.1, 0.15) is 10.8 Å². The molecule has 0 aliphatic rings. The van der Waals surface area contributed by atoms with E-state index in [1.807, 2.05) is 25.1 Å². The zero-order valence-corrected chi connectivity index (χ0v) is 24.1. The Morgan fingerprint density at radius 2 is 1.92 bits per heavy atom. The van der Waals surface area contributed by atoms with Gasteiger partial charge >= 0.3 is 0 Å². The van der Waals surface area contributed by atoms with Crippen molar-refractivity contribution in [3.05, 3.63) is 81.6 Å². The molecule has 2 aromatic carbocycles. The molecule has 0 spiro atoms. The molecule has 208 valence electrons. The van der Waals surface area contributed by atoms with Gasteiger partial charge in [0.25, 0.3) is 10.0 Å². The number of nitrogens with one attached hydrogen (secondary N) is 1. The number of ether oxygens (including phenoxy) is 1. The van der Waals surface area contributed by atoms with Gasteiger partial charge in [-0.05, 0) is 42.5 Å². The second-order valence-electron chi connectivity index (χ2n) is 9.20. The van der Waals surface area contributed by atoms with Crippen LogP contribution in [-0.2, 0) is 47.4 Å². The second-order valence-corrected chi connectivity index (χ2v) is 11.2. The number of aryl methyl sites for hydroxylation is 3. The van der Waals surface area contributed by atoms with E-state index in [0.717, 1.165) is 53.2 Å². The van der Waals surface area contributed by atoms with Crippen LogP contribution in [0.25, 0.3) is 11.1 Å². The number of hydrogen-bond donors (Lipinski definition) is 2. The Labute approximate surface area is 233 Å². The van der Waals surface area contributed by atoms with E-state index in [2.05, 4.69) is 21.4 Å². The van der Waals surface area contributed by atoms with Gasteiger partial charge in [0.05, 0.1) is 29.5 Å². The van der Waals surface area contributed by atoms with Crippen LogP contribution in [0, 0.1) is 6.92 Å². The quantitative estimate of drug-likeness (QED) is 0.230. The molecular formula is C28H33ClN4O5S. The van der Waals surface area contributed by atoms with Crippen LogP contribution in [0.5, 0.6) is 0 Å². The molecule has 0 aliphatic carbocycles. The summed E-state index contributed by atoms with van der Waals surface area (Å²) >= 11 is 6.15. The van der Waals surface area contributed by atoms with Gasteiger partial charge in [-0.2, -0.15) is 0 Å². The van der Waals surface area contributed by atoms with E-state index < -0.39 is 10.0 Å². The minimum atomic E-state index is -4.05. The van der Waals surface area contributed by atoms with Gasteiger partial charge < -0.3 is 18.9 Å². The highest BCUT2D eigenvalue weighted by Crippen LogP contribution is 2.34. The number of anilines is 1. The maximum atomic E-state index is 13.4. The maximum absolute atomic E-state index is 13.4. The smallest absolute Gasteiger partial charge is 0.263 e. The number of methoxy groups -OCH3 is 1. The van der Waals surface area contributed by atoms with Crippen molar-refractivity contribution < 1.29 is 22.8 Å². The number of benzene rings is 2. The highest BCUT2D eigenvalue weighted by molar-refractivity contribution is 7.92. The number of hydrogen-bond acceptors (Lipinski definition) is 7.